The summed E-state index contributed by atoms with van der Waals surface area (Å²) in [4.78, 5) is 4.72. The number of hydrogen-bond acceptors (Lipinski definition) is 3. The predicted octanol–water partition coefficient (Wildman–Crippen LogP) is 3.59. The van der Waals surface area contributed by atoms with Crippen LogP contribution in [0.3, 0.4) is 0 Å². The fourth-order valence-corrected chi connectivity index (χ4v) is 3.19. The van der Waals surface area contributed by atoms with E-state index in [1.165, 1.54) is 21.9 Å². The van der Waals surface area contributed by atoms with Crippen LogP contribution >= 0.6 is 11.3 Å². The SMILES string of the molecule is CCc1ccc(C(CN)N(C)c2ccc(F)cc2)s1. The first-order valence-corrected chi connectivity index (χ1v) is 7.24. The number of anilines is 1. The van der Waals surface area contributed by atoms with Crippen molar-refractivity contribution in [2.45, 2.75) is 19.4 Å². The molecule has 2 N–H and O–H groups in total. The van der Waals surface area contributed by atoms with Gasteiger partial charge in [-0.3, -0.25) is 0 Å². The third kappa shape index (κ3) is 3.14. The number of likely N-dealkylation sites (N-methyl/N-ethyl adjacent to an activating group) is 1. The third-order valence-electron chi connectivity index (χ3n) is 3.28. The smallest absolute Gasteiger partial charge is 0.123 e. The van der Waals surface area contributed by atoms with Crippen LogP contribution in [0.1, 0.15) is 22.7 Å². The quantitative estimate of drug-likeness (QED) is 0.905. The largest absolute Gasteiger partial charge is 0.365 e. The Kier molecular flexibility index (Phi) is 4.56. The highest BCUT2D eigenvalue weighted by atomic mass is 32.1. The Labute approximate surface area is 117 Å². The van der Waals surface area contributed by atoms with Gasteiger partial charge >= 0.3 is 0 Å². The van der Waals surface area contributed by atoms with Crippen molar-refractivity contribution < 1.29 is 4.39 Å². The molecule has 1 aromatic heterocycles. The van der Waals surface area contributed by atoms with E-state index >= 15 is 0 Å². The molecule has 0 bridgehead atoms. The molecule has 102 valence electrons. The Morgan fingerprint density at radius 1 is 1.21 bits per heavy atom. The first kappa shape index (κ1) is 14.0. The Morgan fingerprint density at radius 2 is 1.89 bits per heavy atom. The zero-order valence-electron chi connectivity index (χ0n) is 11.3. The minimum absolute atomic E-state index is 0.135. The van der Waals surface area contributed by atoms with E-state index < -0.39 is 0 Å². The predicted molar refractivity (Wildman–Crippen MR) is 80.3 cm³/mol. The van der Waals surface area contributed by atoms with Gasteiger partial charge < -0.3 is 10.6 Å². The zero-order chi connectivity index (χ0) is 13.8. The monoisotopic (exact) mass is 278 g/mol. The average Bonchev–Trinajstić information content (AvgIpc) is 2.89. The van der Waals surface area contributed by atoms with Crippen molar-refractivity contribution >= 4 is 17.0 Å². The van der Waals surface area contributed by atoms with Gasteiger partial charge in [-0.2, -0.15) is 0 Å². The molecule has 0 saturated carbocycles. The molecule has 0 aliphatic heterocycles. The van der Waals surface area contributed by atoms with Gasteiger partial charge in [0.2, 0.25) is 0 Å². The van der Waals surface area contributed by atoms with Crippen LogP contribution in [0.2, 0.25) is 0 Å². The average molecular weight is 278 g/mol. The molecule has 2 aromatic rings. The van der Waals surface area contributed by atoms with E-state index in [0.29, 0.717) is 6.54 Å². The Balaban J connectivity index is 2.23. The number of nitrogens with two attached hydrogens (primary N) is 1. The van der Waals surface area contributed by atoms with E-state index in [2.05, 4.69) is 24.0 Å². The highest BCUT2D eigenvalue weighted by Gasteiger charge is 2.17. The van der Waals surface area contributed by atoms with Crippen molar-refractivity contribution in [1.82, 2.24) is 0 Å². The van der Waals surface area contributed by atoms with E-state index in [9.17, 15) is 4.39 Å². The van der Waals surface area contributed by atoms with Crippen molar-refractivity contribution in [1.29, 1.82) is 0 Å². The van der Waals surface area contributed by atoms with E-state index in [1.54, 1.807) is 23.5 Å². The maximum Gasteiger partial charge on any atom is 0.123 e. The fraction of sp³-hybridized carbons (Fsp3) is 0.333. The third-order valence-corrected chi connectivity index (χ3v) is 4.61. The van der Waals surface area contributed by atoms with Crippen molar-refractivity contribution in [3.63, 3.8) is 0 Å². The molecule has 1 unspecified atom stereocenters. The highest BCUT2D eigenvalue weighted by molar-refractivity contribution is 7.12. The van der Waals surface area contributed by atoms with Crippen molar-refractivity contribution in [2.75, 3.05) is 18.5 Å². The highest BCUT2D eigenvalue weighted by Crippen LogP contribution is 2.30. The summed E-state index contributed by atoms with van der Waals surface area (Å²) >= 11 is 1.80. The summed E-state index contributed by atoms with van der Waals surface area (Å²) in [6.45, 7) is 2.69. The van der Waals surface area contributed by atoms with Crippen LogP contribution in [0, 0.1) is 5.82 Å². The van der Waals surface area contributed by atoms with Crippen molar-refractivity contribution in [2.24, 2.45) is 5.73 Å². The number of hydrogen-bond donors (Lipinski definition) is 1. The number of aryl methyl sites for hydroxylation is 1. The molecular weight excluding hydrogens is 259 g/mol. The van der Waals surface area contributed by atoms with Crippen LogP contribution in [0.5, 0.6) is 0 Å². The van der Waals surface area contributed by atoms with Gasteiger partial charge in [-0.1, -0.05) is 6.92 Å². The standard InChI is InChI=1S/C15H19FN2S/c1-3-13-8-9-15(19-13)14(10-17)18(2)12-6-4-11(16)5-7-12/h4-9,14H,3,10,17H2,1-2H3. The summed E-state index contributed by atoms with van der Waals surface area (Å²) in [5, 5.41) is 0. The molecule has 1 heterocycles. The van der Waals surface area contributed by atoms with Gasteiger partial charge in [0.1, 0.15) is 5.82 Å². The lowest BCUT2D eigenvalue weighted by Crippen LogP contribution is -2.29. The maximum absolute atomic E-state index is 13.0. The van der Waals surface area contributed by atoms with Gasteiger partial charge in [-0.15, -0.1) is 11.3 Å². The van der Waals surface area contributed by atoms with Gasteiger partial charge in [-0.05, 0) is 42.8 Å². The number of halogens is 1. The summed E-state index contributed by atoms with van der Waals surface area (Å²) in [5.41, 5.74) is 6.89. The van der Waals surface area contributed by atoms with Gasteiger partial charge in [-0.25, -0.2) is 4.39 Å². The lowest BCUT2D eigenvalue weighted by atomic mass is 10.2. The summed E-state index contributed by atoms with van der Waals surface area (Å²) in [5.74, 6) is -0.217. The molecule has 1 atom stereocenters. The van der Waals surface area contributed by atoms with Crippen molar-refractivity contribution in [3.05, 3.63) is 52.0 Å². The Bertz CT molecular complexity index is 521. The first-order chi connectivity index (χ1) is 9.15. The number of thiophene rings is 1. The van der Waals surface area contributed by atoms with E-state index in [1.807, 2.05) is 7.05 Å². The van der Waals surface area contributed by atoms with Crippen LogP contribution in [0.4, 0.5) is 10.1 Å². The molecule has 4 heteroatoms. The molecule has 0 aliphatic carbocycles. The molecule has 0 aliphatic rings. The minimum atomic E-state index is -0.217. The molecule has 0 spiro atoms. The lowest BCUT2D eigenvalue weighted by Gasteiger charge is -2.28. The second-order valence-electron chi connectivity index (χ2n) is 4.50. The minimum Gasteiger partial charge on any atom is -0.365 e. The Morgan fingerprint density at radius 3 is 2.42 bits per heavy atom. The summed E-state index contributed by atoms with van der Waals surface area (Å²) < 4.78 is 13.0. The fourth-order valence-electron chi connectivity index (χ4n) is 2.08. The summed E-state index contributed by atoms with van der Waals surface area (Å²) in [6.07, 6.45) is 1.04. The lowest BCUT2D eigenvalue weighted by molar-refractivity contribution is 0.626. The van der Waals surface area contributed by atoms with Crippen LogP contribution in [-0.2, 0) is 6.42 Å². The number of rotatable bonds is 5. The van der Waals surface area contributed by atoms with Gasteiger partial charge in [0.15, 0.2) is 0 Å². The van der Waals surface area contributed by atoms with Crippen LogP contribution in [0.25, 0.3) is 0 Å². The molecule has 0 fully saturated rings. The Hall–Kier alpha value is -1.39. The molecule has 2 nitrogen and oxygen atoms in total. The zero-order valence-corrected chi connectivity index (χ0v) is 12.1. The molecule has 1 aromatic carbocycles. The molecule has 19 heavy (non-hydrogen) atoms. The molecule has 0 amide bonds. The molecule has 2 rings (SSSR count). The summed E-state index contributed by atoms with van der Waals surface area (Å²) in [7, 11) is 2.00. The summed E-state index contributed by atoms with van der Waals surface area (Å²) in [6, 6.07) is 11.0. The van der Waals surface area contributed by atoms with Gasteiger partial charge in [0.05, 0.1) is 6.04 Å². The number of nitrogens with zero attached hydrogens (tertiary/aromatic N) is 1. The first-order valence-electron chi connectivity index (χ1n) is 6.42. The number of benzene rings is 1. The normalized spacial score (nSPS) is 12.4. The van der Waals surface area contributed by atoms with E-state index in [4.69, 9.17) is 5.73 Å². The van der Waals surface area contributed by atoms with Gasteiger partial charge in [0.25, 0.3) is 0 Å². The van der Waals surface area contributed by atoms with Crippen LogP contribution < -0.4 is 10.6 Å². The molecule has 0 saturated heterocycles. The van der Waals surface area contributed by atoms with E-state index in [-0.39, 0.29) is 11.9 Å². The molecule has 0 radical (unpaired) electrons. The second-order valence-corrected chi connectivity index (χ2v) is 5.70. The topological polar surface area (TPSA) is 29.3 Å². The van der Waals surface area contributed by atoms with Gasteiger partial charge in [0, 0.05) is 29.0 Å². The second kappa shape index (κ2) is 6.17. The van der Waals surface area contributed by atoms with Crippen LogP contribution in [-0.4, -0.2) is 13.6 Å². The maximum atomic E-state index is 13.0. The van der Waals surface area contributed by atoms with Crippen molar-refractivity contribution in [3.8, 4) is 0 Å². The van der Waals surface area contributed by atoms with E-state index in [0.717, 1.165) is 12.1 Å². The molecular formula is C15H19FN2S. The van der Waals surface area contributed by atoms with Crippen LogP contribution in [0.15, 0.2) is 36.4 Å².